The lowest BCUT2D eigenvalue weighted by Crippen LogP contribution is -2.43. The van der Waals surface area contributed by atoms with Crippen molar-refractivity contribution in [1.82, 2.24) is 14.2 Å². The van der Waals surface area contributed by atoms with Gasteiger partial charge in [0.05, 0.1) is 27.7 Å². The summed E-state index contributed by atoms with van der Waals surface area (Å²) >= 11 is 1.26. The van der Waals surface area contributed by atoms with E-state index in [-0.39, 0.29) is 21.7 Å². The quantitative estimate of drug-likeness (QED) is 0.328. The van der Waals surface area contributed by atoms with E-state index in [1.807, 2.05) is 6.92 Å². The third-order valence-corrected chi connectivity index (χ3v) is 12.2. The number of thiazole rings is 1. The summed E-state index contributed by atoms with van der Waals surface area (Å²) in [5.74, 6) is -0.327. The van der Waals surface area contributed by atoms with Crippen LogP contribution in [-0.2, 0) is 24.6 Å². The number of amides is 1. The number of para-hydroxylation sites is 1. The number of hydrogen-bond donors (Lipinski definition) is 0. The topological polar surface area (TPSA) is 117 Å². The Morgan fingerprint density at radius 3 is 2.36 bits per heavy atom. The average Bonchev–Trinajstić information content (AvgIpc) is 3.42. The van der Waals surface area contributed by atoms with Crippen LogP contribution in [0.5, 0.6) is 0 Å². The summed E-state index contributed by atoms with van der Waals surface area (Å²) in [7, 11) is -7.23. The summed E-state index contributed by atoms with van der Waals surface area (Å²) in [6.07, 6.45) is 6.07. The van der Waals surface area contributed by atoms with Gasteiger partial charge in [0.25, 0.3) is 5.91 Å². The monoisotopic (exact) mass is 634 g/mol. The second-order valence-electron chi connectivity index (χ2n) is 10.8. The minimum absolute atomic E-state index is 0.00148. The molecule has 0 N–H and O–H groups in total. The SMILES string of the molecule is CCN(C1CCCCC1)S(=O)(=O)c1ccc(C(=O)N(CCN2CCOCC2)c2nc3c(S(C)(=O)=O)cccc3s2)cc1. The van der Waals surface area contributed by atoms with Crippen molar-refractivity contribution in [3.8, 4) is 0 Å². The summed E-state index contributed by atoms with van der Waals surface area (Å²) in [6.45, 7) is 5.93. The second-order valence-corrected chi connectivity index (χ2v) is 15.7. The van der Waals surface area contributed by atoms with Crippen molar-refractivity contribution >= 4 is 52.5 Å². The molecule has 1 aromatic heterocycles. The Kier molecular flexibility index (Phi) is 9.65. The Balaban J connectivity index is 1.44. The molecule has 2 aromatic carbocycles. The minimum atomic E-state index is -3.70. The van der Waals surface area contributed by atoms with Crippen molar-refractivity contribution in [3.05, 3.63) is 48.0 Å². The number of nitrogens with zero attached hydrogens (tertiary/aromatic N) is 4. The zero-order valence-electron chi connectivity index (χ0n) is 24.1. The third-order valence-electron chi connectivity index (χ3n) is 7.99. The standard InChI is InChI=1S/C29H38N4O6S3/c1-3-33(23-8-5-4-6-9-23)42(37,38)24-14-12-22(13-15-24)28(34)32(17-16-31-18-20-39-21-19-31)29-30-27-25(40-29)10-7-11-26(27)41(2,35)36/h7,10-15,23H,3-6,8-9,16-21H2,1-2H3. The molecule has 1 saturated carbocycles. The summed E-state index contributed by atoms with van der Waals surface area (Å²) in [6, 6.07) is 11.1. The van der Waals surface area contributed by atoms with Crippen molar-refractivity contribution in [3.63, 3.8) is 0 Å². The van der Waals surface area contributed by atoms with Gasteiger partial charge in [-0.25, -0.2) is 21.8 Å². The van der Waals surface area contributed by atoms with Gasteiger partial charge in [-0.15, -0.1) is 0 Å². The maximum atomic E-state index is 13.9. The molecule has 10 nitrogen and oxygen atoms in total. The second kappa shape index (κ2) is 13.1. The predicted octanol–water partition coefficient (Wildman–Crippen LogP) is 4.02. The number of aromatic nitrogens is 1. The van der Waals surface area contributed by atoms with Gasteiger partial charge in [0.15, 0.2) is 15.0 Å². The first kappa shape index (κ1) is 31.0. The highest BCUT2D eigenvalue weighted by molar-refractivity contribution is 7.91. The Hall–Kier alpha value is -2.42. The number of anilines is 1. The zero-order valence-corrected chi connectivity index (χ0v) is 26.5. The van der Waals surface area contributed by atoms with Gasteiger partial charge in [-0.2, -0.15) is 4.31 Å². The molecule has 1 aliphatic carbocycles. The Labute approximate surface area is 252 Å². The summed E-state index contributed by atoms with van der Waals surface area (Å²) in [5.41, 5.74) is 0.673. The van der Waals surface area contributed by atoms with E-state index in [9.17, 15) is 21.6 Å². The lowest BCUT2D eigenvalue weighted by molar-refractivity contribution is 0.0391. The molecule has 0 spiro atoms. The summed E-state index contributed by atoms with van der Waals surface area (Å²) in [4.78, 5) is 22.6. The molecule has 1 amide bonds. The van der Waals surface area contributed by atoms with Crippen LogP contribution in [0, 0.1) is 0 Å². The molecule has 228 valence electrons. The van der Waals surface area contributed by atoms with E-state index in [0.29, 0.717) is 53.8 Å². The fourth-order valence-corrected chi connectivity index (χ4v) is 9.34. The zero-order chi connectivity index (χ0) is 29.9. The number of sulfonamides is 1. The molecule has 42 heavy (non-hydrogen) atoms. The van der Waals surface area contributed by atoms with Crippen LogP contribution in [0.2, 0.25) is 0 Å². The Morgan fingerprint density at radius 2 is 1.71 bits per heavy atom. The smallest absolute Gasteiger partial charge is 0.260 e. The maximum Gasteiger partial charge on any atom is 0.260 e. The van der Waals surface area contributed by atoms with Crippen molar-refractivity contribution in [1.29, 1.82) is 0 Å². The van der Waals surface area contributed by atoms with E-state index in [2.05, 4.69) is 9.88 Å². The molecular weight excluding hydrogens is 597 g/mol. The van der Waals surface area contributed by atoms with E-state index in [4.69, 9.17) is 4.74 Å². The highest BCUT2D eigenvalue weighted by atomic mass is 32.2. The molecule has 13 heteroatoms. The van der Waals surface area contributed by atoms with Gasteiger partial charge in [-0.05, 0) is 49.2 Å². The Morgan fingerprint density at radius 1 is 1.02 bits per heavy atom. The lowest BCUT2D eigenvalue weighted by Gasteiger charge is -2.32. The number of hydrogen-bond acceptors (Lipinski definition) is 9. The molecule has 0 unspecified atom stereocenters. The number of sulfone groups is 1. The average molecular weight is 635 g/mol. The molecule has 2 heterocycles. The molecular formula is C29H38N4O6S3. The highest BCUT2D eigenvalue weighted by Gasteiger charge is 2.32. The molecule has 1 saturated heterocycles. The van der Waals surface area contributed by atoms with Crippen LogP contribution in [-0.4, -0.2) is 95.2 Å². The van der Waals surface area contributed by atoms with Gasteiger partial charge >= 0.3 is 0 Å². The molecule has 0 bridgehead atoms. The van der Waals surface area contributed by atoms with Crippen molar-refractivity contribution in [2.75, 3.05) is 57.1 Å². The maximum absolute atomic E-state index is 13.9. The fourth-order valence-electron chi connectivity index (χ4n) is 5.73. The number of fused-ring (bicyclic) bond motifs is 1. The van der Waals surface area contributed by atoms with Crippen molar-refractivity contribution in [2.24, 2.45) is 0 Å². The van der Waals surface area contributed by atoms with Gasteiger partial charge in [-0.3, -0.25) is 14.6 Å². The third kappa shape index (κ3) is 6.71. The fraction of sp³-hybridized carbons (Fsp3) is 0.517. The van der Waals surface area contributed by atoms with E-state index < -0.39 is 19.9 Å². The van der Waals surface area contributed by atoms with Crippen LogP contribution < -0.4 is 4.90 Å². The molecule has 2 aliphatic rings. The van der Waals surface area contributed by atoms with Crippen LogP contribution in [0.25, 0.3) is 10.2 Å². The van der Waals surface area contributed by atoms with Gasteiger partial charge in [0.1, 0.15) is 5.52 Å². The number of benzene rings is 2. The van der Waals surface area contributed by atoms with Crippen LogP contribution in [0.4, 0.5) is 5.13 Å². The molecule has 2 fully saturated rings. The van der Waals surface area contributed by atoms with Gasteiger partial charge in [0.2, 0.25) is 10.0 Å². The first-order valence-electron chi connectivity index (χ1n) is 14.4. The number of rotatable bonds is 10. The first-order valence-corrected chi connectivity index (χ1v) is 18.6. The van der Waals surface area contributed by atoms with Gasteiger partial charge in [0, 0.05) is 50.6 Å². The van der Waals surface area contributed by atoms with Crippen LogP contribution in [0.3, 0.4) is 0 Å². The van der Waals surface area contributed by atoms with Crippen LogP contribution in [0.15, 0.2) is 52.3 Å². The lowest BCUT2D eigenvalue weighted by atomic mass is 9.95. The van der Waals surface area contributed by atoms with Crippen molar-refractivity contribution in [2.45, 2.75) is 54.9 Å². The summed E-state index contributed by atoms with van der Waals surface area (Å²) < 4.78 is 59.6. The van der Waals surface area contributed by atoms with E-state index in [1.54, 1.807) is 33.5 Å². The number of carbonyl (C=O) groups excluding carboxylic acids is 1. The molecule has 0 radical (unpaired) electrons. The van der Waals surface area contributed by atoms with Crippen LogP contribution >= 0.6 is 11.3 Å². The number of ether oxygens (including phenoxy) is 1. The molecule has 5 rings (SSSR count). The van der Waals surface area contributed by atoms with E-state index >= 15 is 0 Å². The predicted molar refractivity (Wildman–Crippen MR) is 165 cm³/mol. The van der Waals surface area contributed by atoms with E-state index in [0.717, 1.165) is 51.4 Å². The summed E-state index contributed by atoms with van der Waals surface area (Å²) in [5, 5.41) is 0.394. The normalized spacial score (nSPS) is 17.6. The van der Waals surface area contributed by atoms with Crippen molar-refractivity contribution < 1.29 is 26.4 Å². The minimum Gasteiger partial charge on any atom is -0.379 e. The van der Waals surface area contributed by atoms with Gasteiger partial charge < -0.3 is 4.74 Å². The van der Waals surface area contributed by atoms with Gasteiger partial charge in [-0.1, -0.05) is 43.6 Å². The number of carbonyl (C=O) groups is 1. The first-order chi connectivity index (χ1) is 20.1. The largest absolute Gasteiger partial charge is 0.379 e. The molecule has 3 aromatic rings. The molecule has 1 aliphatic heterocycles. The van der Waals surface area contributed by atoms with Crippen LogP contribution in [0.1, 0.15) is 49.4 Å². The number of morpholine rings is 1. The Bertz CT molecular complexity index is 1610. The molecule has 0 atom stereocenters. The van der Waals surface area contributed by atoms with E-state index in [1.165, 1.54) is 29.5 Å². The highest BCUT2D eigenvalue weighted by Crippen LogP contribution is 2.34.